The summed E-state index contributed by atoms with van der Waals surface area (Å²) in [6.07, 6.45) is 1.47. The maximum Gasteiger partial charge on any atom is 0.335 e. The number of nitrogens with zero attached hydrogens (tertiary/aromatic N) is 1. The molecule has 8 heteroatoms. The van der Waals surface area contributed by atoms with E-state index in [2.05, 4.69) is 0 Å². The van der Waals surface area contributed by atoms with Crippen LogP contribution in [0.5, 0.6) is 0 Å². The maximum atomic E-state index is 12.6. The number of aliphatic hydroxyl groups is 1. The molecule has 4 N–H and O–H groups in total. The molecule has 1 heterocycles. The zero-order valence-electron chi connectivity index (χ0n) is 11.4. The number of piperidine rings is 1. The Bertz CT molecular complexity index is 644. The van der Waals surface area contributed by atoms with Crippen molar-refractivity contribution in [1.82, 2.24) is 4.31 Å². The van der Waals surface area contributed by atoms with Crippen molar-refractivity contribution in [2.75, 3.05) is 25.4 Å². The quantitative estimate of drug-likeness (QED) is 0.690. The van der Waals surface area contributed by atoms with E-state index in [0.717, 1.165) is 12.5 Å². The molecule has 21 heavy (non-hydrogen) atoms. The molecular weight excluding hydrogens is 296 g/mol. The smallest absolute Gasteiger partial charge is 0.335 e. The Hall–Kier alpha value is -1.64. The highest BCUT2D eigenvalue weighted by Gasteiger charge is 2.31. The first-order valence-corrected chi connectivity index (χ1v) is 8.04. The topological polar surface area (TPSA) is 121 Å². The number of anilines is 1. The number of hydrogen-bond acceptors (Lipinski definition) is 5. The summed E-state index contributed by atoms with van der Waals surface area (Å²) >= 11 is 0. The van der Waals surface area contributed by atoms with Crippen LogP contribution in [0.25, 0.3) is 0 Å². The zero-order valence-corrected chi connectivity index (χ0v) is 12.2. The summed E-state index contributed by atoms with van der Waals surface area (Å²) in [5.41, 5.74) is 5.56. The predicted octanol–water partition coefficient (Wildman–Crippen LogP) is 0.360. The summed E-state index contributed by atoms with van der Waals surface area (Å²) in [5.74, 6) is -1.24. The molecule has 0 spiro atoms. The van der Waals surface area contributed by atoms with E-state index < -0.39 is 16.0 Å². The summed E-state index contributed by atoms with van der Waals surface area (Å²) in [6, 6.07) is 3.58. The number of carbonyl (C=O) groups is 1. The number of aromatic carboxylic acids is 1. The van der Waals surface area contributed by atoms with E-state index in [1.54, 1.807) is 0 Å². The number of benzene rings is 1. The van der Waals surface area contributed by atoms with Gasteiger partial charge in [0, 0.05) is 19.7 Å². The zero-order chi connectivity index (χ0) is 15.6. The Balaban J connectivity index is 2.33. The normalized spacial score (nSPS) is 20.3. The van der Waals surface area contributed by atoms with Crippen molar-refractivity contribution >= 4 is 21.7 Å². The number of carboxylic acid groups (broad SMARTS) is 1. The Morgan fingerprint density at radius 3 is 2.71 bits per heavy atom. The third-order valence-electron chi connectivity index (χ3n) is 3.61. The molecule has 116 valence electrons. The Morgan fingerprint density at radius 2 is 2.14 bits per heavy atom. The number of sulfonamides is 1. The lowest BCUT2D eigenvalue weighted by molar-refractivity contribution is 0.0696. The van der Waals surface area contributed by atoms with E-state index in [9.17, 15) is 18.3 Å². The molecule has 1 aromatic carbocycles. The largest absolute Gasteiger partial charge is 0.478 e. The average Bonchev–Trinajstić information content (AvgIpc) is 2.46. The van der Waals surface area contributed by atoms with Gasteiger partial charge in [0.1, 0.15) is 4.90 Å². The number of aliphatic hydroxyl groups excluding tert-OH is 1. The van der Waals surface area contributed by atoms with E-state index in [-0.39, 0.29) is 35.2 Å². The molecule has 0 bridgehead atoms. The van der Waals surface area contributed by atoms with Crippen LogP contribution in [0.15, 0.2) is 23.1 Å². The van der Waals surface area contributed by atoms with Crippen LogP contribution in [-0.4, -0.2) is 48.6 Å². The van der Waals surface area contributed by atoms with Gasteiger partial charge in [0.25, 0.3) is 0 Å². The van der Waals surface area contributed by atoms with E-state index in [4.69, 9.17) is 10.8 Å². The highest BCUT2D eigenvalue weighted by molar-refractivity contribution is 7.89. The molecular formula is C13H18N2O5S. The maximum absolute atomic E-state index is 12.6. The fourth-order valence-corrected chi connectivity index (χ4v) is 4.10. The number of hydrogen-bond donors (Lipinski definition) is 3. The van der Waals surface area contributed by atoms with Crippen LogP contribution in [0, 0.1) is 5.92 Å². The third-order valence-corrected chi connectivity index (χ3v) is 5.55. The molecule has 1 saturated heterocycles. The molecule has 1 aliphatic rings. The van der Waals surface area contributed by atoms with Gasteiger partial charge in [-0.2, -0.15) is 4.31 Å². The first-order valence-electron chi connectivity index (χ1n) is 6.60. The molecule has 1 aliphatic heterocycles. The van der Waals surface area contributed by atoms with Crippen molar-refractivity contribution < 1.29 is 23.4 Å². The second-order valence-corrected chi connectivity index (χ2v) is 7.02. The molecule has 1 unspecified atom stereocenters. The van der Waals surface area contributed by atoms with E-state index in [0.29, 0.717) is 13.0 Å². The number of carboxylic acids is 1. The number of rotatable bonds is 4. The van der Waals surface area contributed by atoms with Gasteiger partial charge in [0.15, 0.2) is 0 Å². The van der Waals surface area contributed by atoms with Crippen LogP contribution >= 0.6 is 0 Å². The molecule has 0 amide bonds. The van der Waals surface area contributed by atoms with Crippen molar-refractivity contribution in [3.8, 4) is 0 Å². The summed E-state index contributed by atoms with van der Waals surface area (Å²) in [7, 11) is -3.77. The lowest BCUT2D eigenvalue weighted by atomic mass is 10.0. The van der Waals surface area contributed by atoms with Crippen molar-refractivity contribution in [3.05, 3.63) is 23.8 Å². The molecule has 1 fully saturated rings. The predicted molar refractivity (Wildman–Crippen MR) is 76.4 cm³/mol. The van der Waals surface area contributed by atoms with Gasteiger partial charge in [-0.15, -0.1) is 0 Å². The standard InChI is InChI=1S/C13H18N2O5S/c14-11-6-10(13(17)18)3-4-12(11)21(19,20)15-5-1-2-9(7-15)8-16/h3-4,6,9,16H,1-2,5,7-8,14H2,(H,17,18). The summed E-state index contributed by atoms with van der Waals surface area (Å²) in [4.78, 5) is 10.8. The van der Waals surface area contributed by atoms with Crippen molar-refractivity contribution in [3.63, 3.8) is 0 Å². The van der Waals surface area contributed by atoms with Gasteiger partial charge in [-0.25, -0.2) is 13.2 Å². The molecule has 0 saturated carbocycles. The van der Waals surface area contributed by atoms with Gasteiger partial charge in [0.2, 0.25) is 10.0 Å². The van der Waals surface area contributed by atoms with Gasteiger partial charge in [-0.3, -0.25) is 0 Å². The van der Waals surface area contributed by atoms with Crippen LogP contribution in [-0.2, 0) is 10.0 Å². The first-order chi connectivity index (χ1) is 9.86. The Labute approximate surface area is 123 Å². The van der Waals surface area contributed by atoms with Crippen LogP contribution in [0.1, 0.15) is 23.2 Å². The summed E-state index contributed by atoms with van der Waals surface area (Å²) in [6.45, 7) is 0.567. The van der Waals surface area contributed by atoms with E-state index in [1.807, 2.05) is 0 Å². The highest BCUT2D eigenvalue weighted by Crippen LogP contribution is 2.27. The fourth-order valence-electron chi connectivity index (χ4n) is 2.45. The molecule has 2 rings (SSSR count). The molecule has 7 nitrogen and oxygen atoms in total. The van der Waals surface area contributed by atoms with Crippen molar-refractivity contribution in [2.45, 2.75) is 17.7 Å². The fraction of sp³-hybridized carbons (Fsp3) is 0.462. The van der Waals surface area contributed by atoms with Crippen LogP contribution in [0.2, 0.25) is 0 Å². The van der Waals surface area contributed by atoms with E-state index in [1.165, 1.54) is 16.4 Å². The van der Waals surface area contributed by atoms with E-state index >= 15 is 0 Å². The second kappa shape index (κ2) is 6.00. The Morgan fingerprint density at radius 1 is 1.43 bits per heavy atom. The van der Waals surface area contributed by atoms with Gasteiger partial charge in [-0.1, -0.05) is 0 Å². The first kappa shape index (κ1) is 15.7. The third kappa shape index (κ3) is 3.17. The van der Waals surface area contributed by atoms with Crippen LogP contribution in [0.4, 0.5) is 5.69 Å². The number of nitrogens with two attached hydrogens (primary N) is 1. The van der Waals surface area contributed by atoms with Gasteiger partial charge in [0.05, 0.1) is 11.3 Å². The minimum absolute atomic E-state index is 0.0561. The van der Waals surface area contributed by atoms with Crippen molar-refractivity contribution in [2.24, 2.45) is 5.92 Å². The molecule has 1 atom stereocenters. The second-order valence-electron chi connectivity index (χ2n) is 5.11. The van der Waals surface area contributed by atoms with Crippen LogP contribution < -0.4 is 5.73 Å². The van der Waals surface area contributed by atoms with Crippen molar-refractivity contribution in [1.29, 1.82) is 0 Å². The summed E-state index contributed by atoms with van der Waals surface area (Å²) in [5, 5.41) is 18.1. The summed E-state index contributed by atoms with van der Waals surface area (Å²) < 4.78 is 26.4. The lowest BCUT2D eigenvalue weighted by Gasteiger charge is -2.31. The van der Waals surface area contributed by atoms with Gasteiger partial charge < -0.3 is 15.9 Å². The number of nitrogen functional groups attached to an aromatic ring is 1. The average molecular weight is 314 g/mol. The molecule has 1 aromatic rings. The van der Waals surface area contributed by atoms with Crippen LogP contribution in [0.3, 0.4) is 0 Å². The molecule has 0 aromatic heterocycles. The molecule has 0 aliphatic carbocycles. The van der Waals surface area contributed by atoms with Gasteiger partial charge in [-0.05, 0) is 37.0 Å². The van der Waals surface area contributed by atoms with Gasteiger partial charge >= 0.3 is 5.97 Å². The highest BCUT2D eigenvalue weighted by atomic mass is 32.2. The molecule has 0 radical (unpaired) electrons. The lowest BCUT2D eigenvalue weighted by Crippen LogP contribution is -2.41. The SMILES string of the molecule is Nc1cc(C(=O)O)ccc1S(=O)(=O)N1CCCC(CO)C1. The monoisotopic (exact) mass is 314 g/mol. The minimum atomic E-state index is -3.77. The Kier molecular flexibility index (Phi) is 4.50. The minimum Gasteiger partial charge on any atom is -0.478 e.